The Bertz CT molecular complexity index is 672. The van der Waals surface area contributed by atoms with Crippen LogP contribution in [0.1, 0.15) is 22.3 Å². The number of benzene rings is 2. The highest BCUT2D eigenvalue weighted by Crippen LogP contribution is 2.22. The Morgan fingerprint density at radius 2 is 1.55 bits per heavy atom. The van der Waals surface area contributed by atoms with E-state index < -0.39 is 18.3 Å². The summed E-state index contributed by atoms with van der Waals surface area (Å²) < 4.78 is 57.3. The predicted molar refractivity (Wildman–Crippen MR) is 80.1 cm³/mol. The number of aryl methyl sites for hydroxylation is 3. The van der Waals surface area contributed by atoms with Gasteiger partial charge in [0.25, 0.3) is 0 Å². The molecule has 2 aromatic rings. The first-order valence-corrected chi connectivity index (χ1v) is 6.87. The zero-order chi connectivity index (χ0) is 16.5. The Labute approximate surface area is 127 Å². The Hall–Kier alpha value is -1.98. The molecule has 0 aliphatic carbocycles. The van der Waals surface area contributed by atoms with Crippen molar-refractivity contribution in [3.8, 4) is 5.75 Å². The summed E-state index contributed by atoms with van der Waals surface area (Å²) in [4.78, 5) is 0. The summed E-state index contributed by atoms with van der Waals surface area (Å²) in [6.07, 6.45) is 0. The molecule has 0 N–H and O–H groups in total. The predicted octanol–water partition coefficient (Wildman–Crippen LogP) is 4.38. The van der Waals surface area contributed by atoms with Gasteiger partial charge in [0.05, 0.1) is 5.75 Å². The molecule has 0 aliphatic rings. The second-order valence-corrected chi connectivity index (χ2v) is 5.42. The minimum absolute atomic E-state index is 0.0166. The maximum Gasteiger partial charge on any atom is 0.513 e. The zero-order valence-electron chi connectivity index (χ0n) is 12.6. The molecule has 0 spiro atoms. The quantitative estimate of drug-likeness (QED) is 0.601. The van der Waals surface area contributed by atoms with Gasteiger partial charge in [-0.25, -0.2) is 4.39 Å². The van der Waals surface area contributed by atoms with Crippen LogP contribution in [0.3, 0.4) is 0 Å². The fourth-order valence-electron chi connectivity index (χ4n) is 2.49. The summed E-state index contributed by atoms with van der Waals surface area (Å²) in [5.74, 6) is -1.27. The van der Waals surface area contributed by atoms with Crippen LogP contribution in [0, 0.1) is 26.6 Å². The molecule has 0 aromatic heterocycles. The van der Waals surface area contributed by atoms with Gasteiger partial charge in [-0.15, -0.1) is 0 Å². The fourth-order valence-corrected chi connectivity index (χ4v) is 2.49. The summed E-state index contributed by atoms with van der Waals surface area (Å²) in [5.41, 5.74) is 2.80. The molecule has 2 aromatic carbocycles. The smallest absolute Gasteiger partial charge is 0.492 e. The fraction of sp³-hybridized carbons (Fsp3) is 0.250. The Morgan fingerprint density at radius 3 is 2.09 bits per heavy atom. The lowest BCUT2D eigenvalue weighted by Gasteiger charge is -2.21. The molecule has 22 heavy (non-hydrogen) atoms. The summed E-state index contributed by atoms with van der Waals surface area (Å²) in [6.45, 7) is 0.415. The molecule has 0 saturated heterocycles. The van der Waals surface area contributed by atoms with Crippen LogP contribution in [0.5, 0.6) is 5.75 Å². The summed E-state index contributed by atoms with van der Waals surface area (Å²) in [5, 5.41) is 0. The van der Waals surface area contributed by atoms with E-state index in [2.05, 4.69) is 0 Å². The molecule has 0 fully saturated rings. The van der Waals surface area contributed by atoms with Crippen LogP contribution in [0.25, 0.3) is 0 Å². The van der Waals surface area contributed by atoms with E-state index in [9.17, 15) is 17.3 Å². The van der Waals surface area contributed by atoms with Gasteiger partial charge >= 0.3 is 6.98 Å². The Balaban J connectivity index is 2.30. The second-order valence-electron chi connectivity index (χ2n) is 5.42. The van der Waals surface area contributed by atoms with Crippen molar-refractivity contribution in [2.24, 2.45) is 0 Å². The van der Waals surface area contributed by atoms with Gasteiger partial charge < -0.3 is 17.7 Å². The molecule has 6 heteroatoms. The molecule has 0 bridgehead atoms. The van der Waals surface area contributed by atoms with E-state index in [0.717, 1.165) is 34.4 Å². The van der Waals surface area contributed by atoms with Crippen LogP contribution in [-0.4, -0.2) is 6.98 Å². The first-order chi connectivity index (χ1) is 10.2. The van der Waals surface area contributed by atoms with Crippen molar-refractivity contribution in [3.05, 3.63) is 58.4 Å². The van der Waals surface area contributed by atoms with Crippen LogP contribution in [0.15, 0.2) is 30.3 Å². The number of hydrogen-bond donors (Lipinski definition) is 0. The zero-order valence-corrected chi connectivity index (χ0v) is 12.6. The average molecular weight is 311 g/mol. The largest absolute Gasteiger partial charge is 0.513 e. The van der Waals surface area contributed by atoms with Crippen molar-refractivity contribution in [2.75, 3.05) is 0 Å². The summed E-state index contributed by atoms with van der Waals surface area (Å²) >= 11 is 0. The van der Waals surface area contributed by atoms with Crippen molar-refractivity contribution >= 4 is 12.4 Å². The Morgan fingerprint density at radius 1 is 0.955 bits per heavy atom. The summed E-state index contributed by atoms with van der Waals surface area (Å²) in [7, 11) is 0. The van der Waals surface area contributed by atoms with Gasteiger partial charge in [0.15, 0.2) is 0 Å². The minimum atomic E-state index is -5.33. The number of rotatable bonds is 4. The average Bonchev–Trinajstić information content (AvgIpc) is 2.37. The molecule has 0 atom stereocenters. The molecule has 118 valence electrons. The maximum atomic E-state index is 13.1. The monoisotopic (exact) mass is 311 g/mol. The van der Waals surface area contributed by atoms with Gasteiger partial charge in [-0.2, -0.15) is 0 Å². The van der Waals surface area contributed by atoms with Gasteiger partial charge in [0, 0.05) is 0 Å². The first-order valence-electron chi connectivity index (χ1n) is 6.87. The first kappa shape index (κ1) is 16.4. The number of ether oxygens (including phenoxy) is 1. The van der Waals surface area contributed by atoms with E-state index in [-0.39, 0.29) is 12.4 Å². The lowest BCUT2D eigenvalue weighted by Crippen LogP contribution is -2.35. The number of halogens is 4. The highest BCUT2D eigenvalue weighted by molar-refractivity contribution is 6.74. The van der Waals surface area contributed by atoms with Gasteiger partial charge in [0.2, 0.25) is 0 Å². The molecule has 0 amide bonds. The highest BCUT2D eigenvalue weighted by Gasteiger charge is 2.30. The summed E-state index contributed by atoms with van der Waals surface area (Å²) in [6, 6.07) is 6.37. The van der Waals surface area contributed by atoms with Gasteiger partial charge in [-0.05, 0) is 55.7 Å². The molecular weight excluding hydrogens is 295 g/mol. The van der Waals surface area contributed by atoms with Gasteiger partial charge in [-0.1, -0.05) is 23.2 Å². The van der Waals surface area contributed by atoms with E-state index in [1.807, 2.05) is 32.9 Å². The molecule has 0 heterocycles. The minimum Gasteiger partial charge on any atom is -0.492 e. The maximum absolute atomic E-state index is 13.1. The normalized spacial score (nSPS) is 11.6. The third-order valence-corrected chi connectivity index (χ3v) is 3.54. The van der Waals surface area contributed by atoms with E-state index in [4.69, 9.17) is 4.74 Å². The molecule has 2 rings (SSSR count). The molecule has 1 nitrogen and oxygen atoms in total. The number of hydrogen-bond acceptors (Lipinski definition) is 1. The Kier molecular flexibility index (Phi) is 4.49. The van der Waals surface area contributed by atoms with Gasteiger partial charge in [-0.3, -0.25) is 0 Å². The van der Waals surface area contributed by atoms with Crippen molar-refractivity contribution in [1.29, 1.82) is 0 Å². The van der Waals surface area contributed by atoms with E-state index >= 15 is 0 Å². The van der Waals surface area contributed by atoms with Crippen LogP contribution in [0.2, 0.25) is 0 Å². The standard InChI is InChI=1S/C16H16BF4O/c1-10-6-11(2)14(12(3)7-10)9-22-16-5-4-13(18)8-15(16)17(19,20)21/h4-8H,9H2,1-3H3/q-1. The molecule has 0 aliphatic heterocycles. The van der Waals surface area contributed by atoms with Crippen molar-refractivity contribution < 1.29 is 22.1 Å². The van der Waals surface area contributed by atoms with Crippen LogP contribution in [0.4, 0.5) is 17.3 Å². The molecule has 0 saturated carbocycles. The van der Waals surface area contributed by atoms with Crippen molar-refractivity contribution in [1.82, 2.24) is 0 Å². The van der Waals surface area contributed by atoms with Crippen LogP contribution < -0.4 is 10.2 Å². The van der Waals surface area contributed by atoms with Gasteiger partial charge in [0.1, 0.15) is 12.4 Å². The van der Waals surface area contributed by atoms with E-state index in [0.29, 0.717) is 6.07 Å². The van der Waals surface area contributed by atoms with E-state index in [1.165, 1.54) is 0 Å². The molecule has 0 unspecified atom stereocenters. The van der Waals surface area contributed by atoms with Crippen molar-refractivity contribution in [3.63, 3.8) is 0 Å². The SMILES string of the molecule is Cc1cc(C)c(COc2ccc(F)cc2[B-](F)(F)F)c(C)c1. The van der Waals surface area contributed by atoms with E-state index in [1.54, 1.807) is 0 Å². The topological polar surface area (TPSA) is 9.23 Å². The third-order valence-electron chi connectivity index (χ3n) is 3.54. The highest BCUT2D eigenvalue weighted by atomic mass is 19.4. The van der Waals surface area contributed by atoms with Crippen LogP contribution in [-0.2, 0) is 6.61 Å². The third kappa shape index (κ3) is 3.61. The second kappa shape index (κ2) is 6.03. The lowest BCUT2D eigenvalue weighted by molar-refractivity contribution is 0.305. The van der Waals surface area contributed by atoms with Crippen molar-refractivity contribution in [2.45, 2.75) is 27.4 Å². The molecular formula is C16H16BF4O-. The lowest BCUT2D eigenvalue weighted by atomic mass is 9.79. The molecule has 0 radical (unpaired) electrons. The van der Waals surface area contributed by atoms with Crippen LogP contribution >= 0.6 is 0 Å².